The molecule has 0 saturated carbocycles. The van der Waals surface area contributed by atoms with Gasteiger partial charge in [-0.15, -0.1) is 0 Å². The predicted molar refractivity (Wildman–Crippen MR) is 54.0 cm³/mol. The van der Waals surface area contributed by atoms with Gasteiger partial charge in [0.1, 0.15) is 0 Å². The molecule has 1 aromatic heterocycles. The SMILES string of the molecule is FC(F)(F)c1ccc(Cl)c(-c2cnc[nH]2)c1. The van der Waals surface area contributed by atoms with Gasteiger partial charge < -0.3 is 4.98 Å². The number of nitrogens with one attached hydrogen (secondary N) is 1. The molecule has 0 aliphatic carbocycles. The maximum absolute atomic E-state index is 12.5. The molecule has 84 valence electrons. The minimum atomic E-state index is -4.38. The van der Waals surface area contributed by atoms with Crippen LogP contribution in [0.5, 0.6) is 0 Å². The maximum Gasteiger partial charge on any atom is 0.416 e. The van der Waals surface area contributed by atoms with Gasteiger partial charge in [0, 0.05) is 10.6 Å². The molecule has 1 aromatic carbocycles. The highest BCUT2D eigenvalue weighted by atomic mass is 35.5. The lowest BCUT2D eigenvalue weighted by Crippen LogP contribution is -2.04. The van der Waals surface area contributed by atoms with E-state index >= 15 is 0 Å². The van der Waals surface area contributed by atoms with E-state index in [9.17, 15) is 13.2 Å². The maximum atomic E-state index is 12.5. The molecule has 16 heavy (non-hydrogen) atoms. The molecule has 1 heterocycles. The number of rotatable bonds is 1. The van der Waals surface area contributed by atoms with Crippen LogP contribution in [-0.2, 0) is 6.18 Å². The van der Waals surface area contributed by atoms with Gasteiger partial charge in [0.05, 0.1) is 23.8 Å². The molecule has 6 heteroatoms. The zero-order valence-corrected chi connectivity index (χ0v) is 8.60. The number of aromatic nitrogens is 2. The first kappa shape index (κ1) is 11.0. The van der Waals surface area contributed by atoms with Crippen molar-refractivity contribution < 1.29 is 13.2 Å². The topological polar surface area (TPSA) is 28.7 Å². The minimum Gasteiger partial charge on any atom is -0.345 e. The molecule has 0 bridgehead atoms. The lowest BCUT2D eigenvalue weighted by atomic mass is 10.1. The van der Waals surface area contributed by atoms with E-state index in [-0.39, 0.29) is 10.6 Å². The molecular weight excluding hydrogens is 241 g/mol. The number of alkyl halides is 3. The Labute approximate surface area is 94.1 Å². The van der Waals surface area contributed by atoms with Crippen LogP contribution in [0.1, 0.15) is 5.56 Å². The lowest BCUT2D eigenvalue weighted by molar-refractivity contribution is -0.137. The Bertz CT molecular complexity index is 491. The molecule has 2 aromatic rings. The molecule has 0 aliphatic rings. The van der Waals surface area contributed by atoms with Crippen LogP contribution in [0.2, 0.25) is 5.02 Å². The van der Waals surface area contributed by atoms with E-state index < -0.39 is 11.7 Å². The van der Waals surface area contributed by atoms with E-state index in [0.29, 0.717) is 5.69 Å². The van der Waals surface area contributed by atoms with Crippen molar-refractivity contribution in [3.63, 3.8) is 0 Å². The molecule has 0 aliphatic heterocycles. The molecule has 0 spiro atoms. The standard InChI is InChI=1S/C10H6ClF3N2/c11-8-2-1-6(10(12,13)14)3-7(8)9-4-15-5-16-9/h1-5H,(H,15,16). The van der Waals surface area contributed by atoms with Crippen LogP contribution in [0, 0.1) is 0 Å². The van der Waals surface area contributed by atoms with Crippen molar-refractivity contribution >= 4 is 11.6 Å². The molecule has 1 N–H and O–H groups in total. The Kier molecular flexibility index (Phi) is 2.63. The number of aromatic amines is 1. The Hall–Kier alpha value is -1.49. The summed E-state index contributed by atoms with van der Waals surface area (Å²) in [5, 5.41) is 0.247. The van der Waals surface area contributed by atoms with Crippen LogP contribution in [0.4, 0.5) is 13.2 Å². The normalized spacial score (nSPS) is 11.8. The molecule has 0 amide bonds. The molecular formula is C10H6ClF3N2. The van der Waals surface area contributed by atoms with E-state index in [2.05, 4.69) is 9.97 Å². The predicted octanol–water partition coefficient (Wildman–Crippen LogP) is 3.75. The van der Waals surface area contributed by atoms with Crippen molar-refractivity contribution in [1.82, 2.24) is 9.97 Å². The van der Waals surface area contributed by atoms with Crippen LogP contribution >= 0.6 is 11.6 Å². The van der Waals surface area contributed by atoms with Crippen molar-refractivity contribution in [2.75, 3.05) is 0 Å². The van der Waals surface area contributed by atoms with E-state index in [1.54, 1.807) is 0 Å². The first-order valence-electron chi connectivity index (χ1n) is 4.34. The first-order valence-corrected chi connectivity index (χ1v) is 4.72. The average molecular weight is 247 g/mol. The second-order valence-corrected chi connectivity index (χ2v) is 3.56. The smallest absolute Gasteiger partial charge is 0.345 e. The van der Waals surface area contributed by atoms with Gasteiger partial charge in [-0.3, -0.25) is 0 Å². The van der Waals surface area contributed by atoms with Crippen LogP contribution in [-0.4, -0.2) is 9.97 Å². The summed E-state index contributed by atoms with van der Waals surface area (Å²) < 4.78 is 37.4. The van der Waals surface area contributed by atoms with E-state index in [1.165, 1.54) is 18.6 Å². The zero-order chi connectivity index (χ0) is 11.8. The lowest BCUT2D eigenvalue weighted by Gasteiger charge is -2.09. The third-order valence-corrected chi connectivity index (χ3v) is 2.41. The number of H-pyrrole nitrogens is 1. The largest absolute Gasteiger partial charge is 0.416 e. The summed E-state index contributed by atoms with van der Waals surface area (Å²) in [4.78, 5) is 6.45. The number of benzene rings is 1. The summed E-state index contributed by atoms with van der Waals surface area (Å²) in [5.74, 6) is 0. The number of nitrogens with zero attached hydrogens (tertiary/aromatic N) is 1. The Morgan fingerprint density at radius 1 is 1.25 bits per heavy atom. The fourth-order valence-corrected chi connectivity index (χ4v) is 1.53. The van der Waals surface area contributed by atoms with E-state index in [1.807, 2.05) is 0 Å². The summed E-state index contributed by atoms with van der Waals surface area (Å²) in [6, 6.07) is 3.17. The van der Waals surface area contributed by atoms with Crippen LogP contribution in [0.25, 0.3) is 11.3 Å². The second kappa shape index (κ2) is 3.83. The van der Waals surface area contributed by atoms with Gasteiger partial charge in [-0.25, -0.2) is 4.98 Å². The summed E-state index contributed by atoms with van der Waals surface area (Å²) in [5.41, 5.74) is 0.00610. The Balaban J connectivity index is 2.54. The highest BCUT2D eigenvalue weighted by Gasteiger charge is 2.31. The van der Waals surface area contributed by atoms with Crippen molar-refractivity contribution in [2.45, 2.75) is 6.18 Å². The first-order chi connectivity index (χ1) is 7.48. The van der Waals surface area contributed by atoms with Gasteiger partial charge in [0.25, 0.3) is 0 Å². The molecule has 0 unspecified atom stereocenters. The third-order valence-electron chi connectivity index (χ3n) is 2.08. The van der Waals surface area contributed by atoms with Gasteiger partial charge >= 0.3 is 6.18 Å². The van der Waals surface area contributed by atoms with Gasteiger partial charge in [-0.1, -0.05) is 11.6 Å². The molecule has 0 radical (unpaired) electrons. The Morgan fingerprint density at radius 2 is 2.00 bits per heavy atom. The summed E-state index contributed by atoms with van der Waals surface area (Å²) in [7, 11) is 0. The quantitative estimate of drug-likeness (QED) is 0.816. The molecule has 2 rings (SSSR count). The van der Waals surface area contributed by atoms with Gasteiger partial charge in [-0.05, 0) is 18.2 Å². The second-order valence-electron chi connectivity index (χ2n) is 3.16. The fourth-order valence-electron chi connectivity index (χ4n) is 1.31. The van der Waals surface area contributed by atoms with Crippen molar-refractivity contribution in [1.29, 1.82) is 0 Å². The minimum absolute atomic E-state index is 0.247. The average Bonchev–Trinajstić information content (AvgIpc) is 2.69. The highest BCUT2D eigenvalue weighted by Crippen LogP contribution is 2.34. The molecule has 0 atom stereocenters. The van der Waals surface area contributed by atoms with Crippen molar-refractivity contribution in [3.8, 4) is 11.3 Å². The van der Waals surface area contributed by atoms with Gasteiger partial charge in [0.15, 0.2) is 0 Å². The third kappa shape index (κ3) is 2.04. The van der Waals surface area contributed by atoms with Gasteiger partial charge in [0.2, 0.25) is 0 Å². The monoisotopic (exact) mass is 246 g/mol. The zero-order valence-electron chi connectivity index (χ0n) is 7.85. The van der Waals surface area contributed by atoms with Crippen molar-refractivity contribution in [2.24, 2.45) is 0 Å². The number of hydrogen-bond donors (Lipinski definition) is 1. The fraction of sp³-hybridized carbons (Fsp3) is 0.100. The number of imidazole rings is 1. The summed E-state index contributed by atoms with van der Waals surface area (Å²) in [6.45, 7) is 0. The Morgan fingerprint density at radius 3 is 2.56 bits per heavy atom. The number of halogens is 4. The summed E-state index contributed by atoms with van der Waals surface area (Å²) >= 11 is 5.82. The highest BCUT2D eigenvalue weighted by molar-refractivity contribution is 6.33. The van der Waals surface area contributed by atoms with E-state index in [0.717, 1.165) is 12.1 Å². The molecule has 2 nitrogen and oxygen atoms in total. The number of hydrogen-bond acceptors (Lipinski definition) is 1. The van der Waals surface area contributed by atoms with Crippen LogP contribution in [0.15, 0.2) is 30.7 Å². The molecule has 0 fully saturated rings. The van der Waals surface area contributed by atoms with Crippen LogP contribution < -0.4 is 0 Å². The van der Waals surface area contributed by atoms with Crippen LogP contribution in [0.3, 0.4) is 0 Å². The van der Waals surface area contributed by atoms with Gasteiger partial charge in [-0.2, -0.15) is 13.2 Å². The van der Waals surface area contributed by atoms with Crippen molar-refractivity contribution in [3.05, 3.63) is 41.3 Å². The summed E-state index contributed by atoms with van der Waals surface area (Å²) in [6.07, 6.45) is -1.58. The van der Waals surface area contributed by atoms with E-state index in [4.69, 9.17) is 11.6 Å². The molecule has 0 saturated heterocycles.